The van der Waals surface area contributed by atoms with Crippen LogP contribution in [-0.2, 0) is 21.4 Å². The third-order valence-electron chi connectivity index (χ3n) is 2.60. The second kappa shape index (κ2) is 7.35. The fourth-order valence-corrected chi connectivity index (χ4v) is 2.56. The molecule has 0 bridgehead atoms. The van der Waals surface area contributed by atoms with Gasteiger partial charge in [0.25, 0.3) is 0 Å². The highest BCUT2D eigenvalue weighted by Crippen LogP contribution is 2.04. The SMILES string of the molecule is CC(C)CN(CC(=O)NCc1ccncc1)S(C)(=O)=O. The smallest absolute Gasteiger partial charge is 0.235 e. The van der Waals surface area contributed by atoms with Crippen LogP contribution >= 0.6 is 0 Å². The van der Waals surface area contributed by atoms with Crippen LogP contribution in [0.4, 0.5) is 0 Å². The minimum Gasteiger partial charge on any atom is -0.351 e. The molecule has 0 saturated heterocycles. The zero-order valence-corrected chi connectivity index (χ0v) is 12.9. The van der Waals surface area contributed by atoms with Gasteiger partial charge in [0, 0.05) is 25.5 Å². The zero-order chi connectivity index (χ0) is 15.2. The molecule has 0 radical (unpaired) electrons. The second-order valence-corrected chi connectivity index (χ2v) is 7.06. The first-order valence-electron chi connectivity index (χ1n) is 6.39. The van der Waals surface area contributed by atoms with E-state index in [0.717, 1.165) is 11.8 Å². The van der Waals surface area contributed by atoms with E-state index in [1.54, 1.807) is 24.5 Å². The third kappa shape index (κ3) is 6.12. The quantitative estimate of drug-likeness (QED) is 0.800. The summed E-state index contributed by atoms with van der Waals surface area (Å²) in [5, 5.41) is 2.70. The Morgan fingerprint density at radius 1 is 1.35 bits per heavy atom. The van der Waals surface area contributed by atoms with E-state index in [4.69, 9.17) is 0 Å². The summed E-state index contributed by atoms with van der Waals surface area (Å²) in [6.45, 7) is 4.37. The largest absolute Gasteiger partial charge is 0.351 e. The van der Waals surface area contributed by atoms with Crippen LogP contribution in [-0.4, -0.2) is 43.0 Å². The molecule has 0 fully saturated rings. The van der Waals surface area contributed by atoms with Gasteiger partial charge in [0.05, 0.1) is 12.8 Å². The number of hydrogen-bond acceptors (Lipinski definition) is 4. The number of nitrogens with one attached hydrogen (secondary N) is 1. The average molecular weight is 299 g/mol. The Hall–Kier alpha value is -1.47. The van der Waals surface area contributed by atoms with Gasteiger partial charge >= 0.3 is 0 Å². The van der Waals surface area contributed by atoms with E-state index in [-0.39, 0.29) is 18.4 Å². The van der Waals surface area contributed by atoms with Crippen LogP contribution in [0.1, 0.15) is 19.4 Å². The normalized spacial score (nSPS) is 11.8. The highest BCUT2D eigenvalue weighted by Gasteiger charge is 2.20. The van der Waals surface area contributed by atoms with Crippen molar-refractivity contribution < 1.29 is 13.2 Å². The highest BCUT2D eigenvalue weighted by atomic mass is 32.2. The van der Waals surface area contributed by atoms with Crippen LogP contribution in [0.5, 0.6) is 0 Å². The Morgan fingerprint density at radius 3 is 2.45 bits per heavy atom. The van der Waals surface area contributed by atoms with E-state index in [0.29, 0.717) is 13.1 Å². The molecule has 1 aromatic heterocycles. The minimum absolute atomic E-state index is 0.151. The van der Waals surface area contributed by atoms with E-state index in [1.807, 2.05) is 13.8 Å². The molecule has 1 rings (SSSR count). The summed E-state index contributed by atoms with van der Waals surface area (Å²) in [5.74, 6) is -0.148. The molecule has 0 aliphatic carbocycles. The Labute approximate surface area is 120 Å². The van der Waals surface area contributed by atoms with E-state index in [2.05, 4.69) is 10.3 Å². The number of carbonyl (C=O) groups excluding carboxylic acids is 1. The van der Waals surface area contributed by atoms with Crippen molar-refractivity contribution in [3.8, 4) is 0 Å². The van der Waals surface area contributed by atoms with Crippen molar-refractivity contribution in [3.63, 3.8) is 0 Å². The molecule has 0 aliphatic heterocycles. The lowest BCUT2D eigenvalue weighted by Gasteiger charge is -2.21. The lowest BCUT2D eigenvalue weighted by Crippen LogP contribution is -2.41. The van der Waals surface area contributed by atoms with Crippen LogP contribution in [0.3, 0.4) is 0 Å². The molecule has 1 aromatic rings. The number of pyridine rings is 1. The van der Waals surface area contributed by atoms with Gasteiger partial charge in [0.15, 0.2) is 0 Å². The molecule has 6 nitrogen and oxygen atoms in total. The van der Waals surface area contributed by atoms with Crippen molar-refractivity contribution in [2.24, 2.45) is 5.92 Å². The van der Waals surface area contributed by atoms with Crippen molar-refractivity contribution in [1.29, 1.82) is 0 Å². The fraction of sp³-hybridized carbons (Fsp3) is 0.538. The van der Waals surface area contributed by atoms with E-state index < -0.39 is 10.0 Å². The van der Waals surface area contributed by atoms with E-state index in [9.17, 15) is 13.2 Å². The molecule has 1 N–H and O–H groups in total. The first-order valence-corrected chi connectivity index (χ1v) is 8.24. The van der Waals surface area contributed by atoms with Crippen molar-refractivity contribution in [2.45, 2.75) is 20.4 Å². The van der Waals surface area contributed by atoms with Gasteiger partial charge in [0.1, 0.15) is 0 Å². The Morgan fingerprint density at radius 2 is 1.95 bits per heavy atom. The molecule has 1 amide bonds. The summed E-state index contributed by atoms with van der Waals surface area (Å²) < 4.78 is 24.4. The van der Waals surface area contributed by atoms with Gasteiger partial charge < -0.3 is 5.32 Å². The van der Waals surface area contributed by atoms with Gasteiger partial charge in [-0.05, 0) is 23.6 Å². The lowest BCUT2D eigenvalue weighted by molar-refractivity contribution is -0.121. The third-order valence-corrected chi connectivity index (χ3v) is 3.81. The van der Waals surface area contributed by atoms with Crippen LogP contribution in [0.25, 0.3) is 0 Å². The number of rotatable bonds is 7. The summed E-state index contributed by atoms with van der Waals surface area (Å²) >= 11 is 0. The number of hydrogen-bond donors (Lipinski definition) is 1. The monoisotopic (exact) mass is 299 g/mol. The van der Waals surface area contributed by atoms with E-state index in [1.165, 1.54) is 4.31 Å². The van der Waals surface area contributed by atoms with Crippen molar-refractivity contribution in [1.82, 2.24) is 14.6 Å². The van der Waals surface area contributed by atoms with Gasteiger partial charge in [-0.25, -0.2) is 8.42 Å². The molecular formula is C13H21N3O3S. The molecule has 0 spiro atoms. The van der Waals surface area contributed by atoms with Crippen LogP contribution in [0.2, 0.25) is 0 Å². The molecule has 1 heterocycles. The number of sulfonamides is 1. The Bertz CT molecular complexity index is 529. The van der Waals surface area contributed by atoms with E-state index >= 15 is 0 Å². The first kappa shape index (κ1) is 16.6. The Balaban J connectivity index is 2.54. The predicted octanol–water partition coefficient (Wildman–Crippen LogP) is 0.615. The van der Waals surface area contributed by atoms with Crippen molar-refractivity contribution in [2.75, 3.05) is 19.3 Å². The van der Waals surface area contributed by atoms with Gasteiger partial charge in [0.2, 0.25) is 15.9 Å². The van der Waals surface area contributed by atoms with Crippen molar-refractivity contribution >= 4 is 15.9 Å². The molecule has 0 unspecified atom stereocenters. The first-order chi connectivity index (χ1) is 9.29. The van der Waals surface area contributed by atoms with Crippen LogP contribution < -0.4 is 5.32 Å². The topological polar surface area (TPSA) is 79.4 Å². The zero-order valence-electron chi connectivity index (χ0n) is 12.0. The summed E-state index contributed by atoms with van der Waals surface area (Å²) in [7, 11) is -3.38. The summed E-state index contributed by atoms with van der Waals surface area (Å²) in [5.41, 5.74) is 0.920. The highest BCUT2D eigenvalue weighted by molar-refractivity contribution is 7.88. The predicted molar refractivity (Wildman–Crippen MR) is 77.3 cm³/mol. The Kier molecular flexibility index (Phi) is 6.09. The number of carbonyl (C=O) groups is 1. The standard InChI is InChI=1S/C13H21N3O3S/c1-11(2)9-16(20(3,18)19)10-13(17)15-8-12-4-6-14-7-5-12/h4-7,11H,8-10H2,1-3H3,(H,15,17). The maximum Gasteiger partial charge on any atom is 0.235 e. The van der Waals surface area contributed by atoms with Gasteiger partial charge in [-0.2, -0.15) is 4.31 Å². The molecule has 7 heteroatoms. The molecule has 20 heavy (non-hydrogen) atoms. The maximum atomic E-state index is 11.8. The number of nitrogens with zero attached hydrogens (tertiary/aromatic N) is 2. The molecule has 0 aromatic carbocycles. The minimum atomic E-state index is -3.38. The summed E-state index contributed by atoms with van der Waals surface area (Å²) in [4.78, 5) is 15.7. The van der Waals surface area contributed by atoms with Gasteiger partial charge in [-0.3, -0.25) is 9.78 Å². The number of aromatic nitrogens is 1. The summed E-state index contributed by atoms with van der Waals surface area (Å²) in [6, 6.07) is 3.59. The number of amides is 1. The van der Waals surface area contributed by atoms with Crippen LogP contribution in [0.15, 0.2) is 24.5 Å². The van der Waals surface area contributed by atoms with Crippen LogP contribution in [0, 0.1) is 5.92 Å². The molecule has 112 valence electrons. The van der Waals surface area contributed by atoms with Crippen molar-refractivity contribution in [3.05, 3.63) is 30.1 Å². The van der Waals surface area contributed by atoms with Gasteiger partial charge in [-0.1, -0.05) is 13.8 Å². The maximum absolute atomic E-state index is 11.8. The average Bonchev–Trinajstić information content (AvgIpc) is 2.35. The lowest BCUT2D eigenvalue weighted by atomic mass is 10.2. The molecule has 0 atom stereocenters. The summed E-state index contributed by atoms with van der Waals surface area (Å²) in [6.07, 6.45) is 4.40. The molecule has 0 aliphatic rings. The molecule has 0 saturated carbocycles. The van der Waals surface area contributed by atoms with Gasteiger partial charge in [-0.15, -0.1) is 0 Å². The fourth-order valence-electron chi connectivity index (χ4n) is 1.64. The molecular weight excluding hydrogens is 278 g/mol. The second-order valence-electron chi connectivity index (χ2n) is 5.08.